The molecule has 2 aromatic heterocycles. The Hall–Kier alpha value is -1.92. The third kappa shape index (κ3) is 4.09. The summed E-state index contributed by atoms with van der Waals surface area (Å²) in [6.07, 6.45) is 1.95. The van der Waals surface area contributed by atoms with Gasteiger partial charge < -0.3 is 10.2 Å². The van der Waals surface area contributed by atoms with Crippen LogP contribution in [0.1, 0.15) is 17.0 Å². The summed E-state index contributed by atoms with van der Waals surface area (Å²) >= 11 is 7.31. The van der Waals surface area contributed by atoms with Crippen molar-refractivity contribution in [2.45, 2.75) is 19.5 Å². The second-order valence-corrected chi connectivity index (χ2v) is 7.22. The molecule has 0 unspecified atom stereocenters. The first kappa shape index (κ1) is 16.0. The first-order valence-corrected chi connectivity index (χ1v) is 8.51. The van der Waals surface area contributed by atoms with E-state index in [-0.39, 0.29) is 24.2 Å². The Morgan fingerprint density at radius 2 is 2.26 bits per heavy atom. The zero-order valence-electron chi connectivity index (χ0n) is 12.4. The number of rotatable bonds is 5. The number of hydrogen-bond donors (Lipinski definition) is 1. The molecule has 1 atom stereocenters. The molecular weight excluding hydrogens is 334 g/mol. The monoisotopic (exact) mass is 349 g/mol. The van der Waals surface area contributed by atoms with Crippen molar-refractivity contribution in [3.63, 3.8) is 0 Å². The minimum Gasteiger partial charge on any atom is -0.351 e. The fourth-order valence-corrected chi connectivity index (χ4v) is 3.58. The number of thiophene rings is 1. The third-order valence-electron chi connectivity index (χ3n) is 3.73. The summed E-state index contributed by atoms with van der Waals surface area (Å²) in [4.78, 5) is 31.2. The van der Waals surface area contributed by atoms with E-state index in [4.69, 9.17) is 11.6 Å². The van der Waals surface area contributed by atoms with Crippen LogP contribution in [0.15, 0.2) is 36.5 Å². The highest BCUT2D eigenvalue weighted by molar-refractivity contribution is 7.16. The van der Waals surface area contributed by atoms with Gasteiger partial charge in [-0.3, -0.25) is 14.6 Å². The highest BCUT2D eigenvalue weighted by Gasteiger charge is 2.34. The maximum absolute atomic E-state index is 12.2. The molecular formula is C16H16ClN3O2S. The summed E-state index contributed by atoms with van der Waals surface area (Å²) in [5.41, 5.74) is 0.829. The summed E-state index contributed by atoms with van der Waals surface area (Å²) in [5.74, 6) is -0.400. The molecule has 23 heavy (non-hydrogen) atoms. The summed E-state index contributed by atoms with van der Waals surface area (Å²) in [6, 6.07) is 9.30. The maximum atomic E-state index is 12.2. The van der Waals surface area contributed by atoms with Gasteiger partial charge in [0.05, 0.1) is 29.0 Å². The van der Waals surface area contributed by atoms with Crippen LogP contribution in [0.4, 0.5) is 0 Å². The highest BCUT2D eigenvalue weighted by Crippen LogP contribution is 2.22. The van der Waals surface area contributed by atoms with Crippen LogP contribution in [-0.4, -0.2) is 28.2 Å². The van der Waals surface area contributed by atoms with E-state index in [9.17, 15) is 9.59 Å². The van der Waals surface area contributed by atoms with Crippen LogP contribution in [-0.2, 0) is 22.7 Å². The van der Waals surface area contributed by atoms with Crippen LogP contribution in [0, 0.1) is 5.92 Å². The number of hydrogen-bond acceptors (Lipinski definition) is 4. The fourth-order valence-electron chi connectivity index (χ4n) is 2.55. The van der Waals surface area contributed by atoms with Gasteiger partial charge in [-0.05, 0) is 24.3 Å². The number of nitrogens with one attached hydrogen (secondary N) is 1. The van der Waals surface area contributed by atoms with Crippen molar-refractivity contribution < 1.29 is 9.59 Å². The Bertz CT molecular complexity index is 704. The minimum absolute atomic E-state index is 0.00466. The molecule has 0 radical (unpaired) electrons. The van der Waals surface area contributed by atoms with Crippen LogP contribution in [0.25, 0.3) is 0 Å². The van der Waals surface area contributed by atoms with Crippen molar-refractivity contribution in [2.24, 2.45) is 5.92 Å². The van der Waals surface area contributed by atoms with Gasteiger partial charge in [0.25, 0.3) is 0 Å². The van der Waals surface area contributed by atoms with Crippen molar-refractivity contribution in [1.29, 1.82) is 0 Å². The van der Waals surface area contributed by atoms with Crippen molar-refractivity contribution >= 4 is 34.8 Å². The SMILES string of the molecule is O=C(NCc1ccc(Cl)s1)[C@H]1CC(=O)N(Cc2ccccn2)C1. The van der Waals surface area contributed by atoms with Gasteiger partial charge in [-0.15, -0.1) is 11.3 Å². The molecule has 2 amide bonds. The normalized spacial score (nSPS) is 17.5. The number of carbonyl (C=O) groups excluding carboxylic acids is 2. The number of pyridine rings is 1. The van der Waals surface area contributed by atoms with Crippen molar-refractivity contribution in [1.82, 2.24) is 15.2 Å². The largest absolute Gasteiger partial charge is 0.351 e. The Morgan fingerprint density at radius 1 is 1.39 bits per heavy atom. The second-order valence-electron chi connectivity index (χ2n) is 5.42. The van der Waals surface area contributed by atoms with Gasteiger partial charge in [0.2, 0.25) is 11.8 Å². The molecule has 1 aliphatic heterocycles. The predicted molar refractivity (Wildman–Crippen MR) is 88.9 cm³/mol. The molecule has 0 bridgehead atoms. The van der Waals surface area contributed by atoms with Gasteiger partial charge in [-0.1, -0.05) is 17.7 Å². The molecule has 0 aromatic carbocycles. The molecule has 3 rings (SSSR count). The number of likely N-dealkylation sites (tertiary alicyclic amines) is 1. The number of aromatic nitrogens is 1. The molecule has 7 heteroatoms. The summed E-state index contributed by atoms with van der Waals surface area (Å²) in [5, 5.41) is 2.88. The lowest BCUT2D eigenvalue weighted by molar-refractivity contribution is -0.129. The second kappa shape index (κ2) is 7.10. The Morgan fingerprint density at radius 3 is 2.96 bits per heavy atom. The molecule has 0 spiro atoms. The molecule has 0 saturated carbocycles. The molecule has 1 saturated heterocycles. The standard InChI is InChI=1S/C16H16ClN3O2S/c17-14-5-4-13(23-14)8-19-16(22)11-7-15(21)20(9-11)10-12-3-1-2-6-18-12/h1-6,11H,7-10H2,(H,19,22)/t11-/m0/s1. The van der Waals surface area contributed by atoms with Crippen LogP contribution in [0.2, 0.25) is 4.34 Å². The van der Waals surface area contributed by atoms with Crippen molar-refractivity contribution in [2.75, 3.05) is 6.54 Å². The zero-order chi connectivity index (χ0) is 16.2. The van der Waals surface area contributed by atoms with E-state index in [1.807, 2.05) is 24.3 Å². The lowest BCUT2D eigenvalue weighted by Gasteiger charge is -2.16. The van der Waals surface area contributed by atoms with E-state index in [2.05, 4.69) is 10.3 Å². The van der Waals surface area contributed by atoms with E-state index in [1.54, 1.807) is 17.2 Å². The molecule has 1 aliphatic rings. The number of halogens is 1. The topological polar surface area (TPSA) is 62.3 Å². The zero-order valence-corrected chi connectivity index (χ0v) is 13.9. The van der Waals surface area contributed by atoms with E-state index in [1.165, 1.54) is 11.3 Å². The molecule has 1 N–H and O–H groups in total. The lowest BCUT2D eigenvalue weighted by Crippen LogP contribution is -2.32. The first-order chi connectivity index (χ1) is 11.1. The summed E-state index contributed by atoms with van der Waals surface area (Å²) in [6.45, 7) is 1.33. The van der Waals surface area contributed by atoms with E-state index in [0.717, 1.165) is 10.6 Å². The van der Waals surface area contributed by atoms with Gasteiger partial charge in [0.15, 0.2) is 0 Å². The van der Waals surface area contributed by atoms with Gasteiger partial charge in [-0.2, -0.15) is 0 Å². The van der Waals surface area contributed by atoms with E-state index < -0.39 is 0 Å². The summed E-state index contributed by atoms with van der Waals surface area (Å²) in [7, 11) is 0. The first-order valence-electron chi connectivity index (χ1n) is 7.31. The average Bonchev–Trinajstić information content (AvgIpc) is 3.12. The van der Waals surface area contributed by atoms with E-state index >= 15 is 0 Å². The van der Waals surface area contributed by atoms with Crippen molar-refractivity contribution in [3.05, 3.63) is 51.4 Å². The molecule has 0 aliphatic carbocycles. The molecule has 120 valence electrons. The number of nitrogens with zero attached hydrogens (tertiary/aromatic N) is 2. The van der Waals surface area contributed by atoms with Gasteiger partial charge in [0, 0.05) is 24.0 Å². The Balaban J connectivity index is 1.53. The number of amides is 2. The summed E-state index contributed by atoms with van der Waals surface area (Å²) < 4.78 is 0.701. The third-order valence-corrected chi connectivity index (χ3v) is 4.96. The van der Waals surface area contributed by atoms with Gasteiger partial charge >= 0.3 is 0 Å². The van der Waals surface area contributed by atoms with Crippen LogP contribution in [0.5, 0.6) is 0 Å². The quantitative estimate of drug-likeness (QED) is 0.902. The van der Waals surface area contributed by atoms with Gasteiger partial charge in [0.1, 0.15) is 0 Å². The molecule has 1 fully saturated rings. The van der Waals surface area contributed by atoms with Crippen LogP contribution < -0.4 is 5.32 Å². The maximum Gasteiger partial charge on any atom is 0.225 e. The van der Waals surface area contributed by atoms with Crippen molar-refractivity contribution in [3.8, 4) is 0 Å². The van der Waals surface area contributed by atoms with Gasteiger partial charge in [-0.25, -0.2) is 0 Å². The predicted octanol–water partition coefficient (Wildman–Crippen LogP) is 2.46. The average molecular weight is 350 g/mol. The fraction of sp³-hybridized carbons (Fsp3) is 0.312. The smallest absolute Gasteiger partial charge is 0.225 e. The Labute approximate surface area is 143 Å². The molecule has 2 aromatic rings. The van der Waals surface area contributed by atoms with E-state index in [0.29, 0.717) is 24.0 Å². The van der Waals surface area contributed by atoms with Crippen LogP contribution >= 0.6 is 22.9 Å². The molecule has 3 heterocycles. The van der Waals surface area contributed by atoms with Crippen LogP contribution in [0.3, 0.4) is 0 Å². The number of carbonyl (C=O) groups is 2. The lowest BCUT2D eigenvalue weighted by atomic mass is 10.1. The highest BCUT2D eigenvalue weighted by atomic mass is 35.5. The molecule has 5 nitrogen and oxygen atoms in total. The Kier molecular flexibility index (Phi) is 4.93. The minimum atomic E-state index is -0.304.